The molecule has 31 heavy (non-hydrogen) atoms. The van der Waals surface area contributed by atoms with Crippen LogP contribution in [0.4, 0.5) is 11.4 Å². The van der Waals surface area contributed by atoms with Gasteiger partial charge in [-0.15, -0.1) is 5.10 Å². The molecule has 2 aromatic rings. The molecule has 1 atom stereocenters. The Morgan fingerprint density at radius 1 is 1.29 bits per heavy atom. The Kier molecular flexibility index (Phi) is 6.98. The van der Waals surface area contributed by atoms with E-state index >= 15 is 0 Å². The Balaban J connectivity index is 1.70. The smallest absolute Gasteiger partial charge is 0.271 e. The number of nitrogens with zero attached hydrogens (tertiary/aromatic N) is 3. The van der Waals surface area contributed by atoms with Crippen molar-refractivity contribution >= 4 is 45.8 Å². The molecule has 0 saturated carbocycles. The van der Waals surface area contributed by atoms with Gasteiger partial charge in [-0.2, -0.15) is 5.10 Å². The van der Waals surface area contributed by atoms with Crippen LogP contribution in [0.5, 0.6) is 5.75 Å². The summed E-state index contributed by atoms with van der Waals surface area (Å²) in [6.07, 6.45) is -0.0500. The number of thioether (sulfide) groups is 1. The number of nitro benzene ring substituents is 1. The molecule has 2 aromatic carbocycles. The topological polar surface area (TPSA) is 135 Å². The number of carbonyl (C=O) groups is 2. The fourth-order valence-corrected chi connectivity index (χ4v) is 3.60. The summed E-state index contributed by atoms with van der Waals surface area (Å²) < 4.78 is 5.12. The van der Waals surface area contributed by atoms with Crippen LogP contribution in [0.1, 0.15) is 18.9 Å². The maximum absolute atomic E-state index is 12.6. The van der Waals surface area contributed by atoms with E-state index in [1.165, 1.54) is 24.3 Å². The number of nitrogens with one attached hydrogen (secondary N) is 2. The number of benzene rings is 2. The molecule has 0 bridgehead atoms. The van der Waals surface area contributed by atoms with E-state index in [0.717, 1.165) is 23.1 Å². The minimum atomic E-state index is -0.747. The molecule has 1 aliphatic rings. The van der Waals surface area contributed by atoms with Gasteiger partial charge < -0.3 is 15.4 Å². The van der Waals surface area contributed by atoms with Gasteiger partial charge in [-0.1, -0.05) is 17.8 Å². The summed E-state index contributed by atoms with van der Waals surface area (Å²) in [6, 6.07) is 12.8. The van der Waals surface area contributed by atoms with Gasteiger partial charge in [-0.25, -0.2) is 0 Å². The molecule has 0 radical (unpaired) electrons. The zero-order chi connectivity index (χ0) is 22.4. The van der Waals surface area contributed by atoms with E-state index in [1.54, 1.807) is 26.2 Å². The lowest BCUT2D eigenvalue weighted by molar-refractivity contribution is -0.384. The van der Waals surface area contributed by atoms with Gasteiger partial charge in [-0.05, 0) is 42.8 Å². The number of methoxy groups -OCH3 is 1. The van der Waals surface area contributed by atoms with E-state index in [1.807, 2.05) is 12.1 Å². The van der Waals surface area contributed by atoms with Crippen LogP contribution in [0.3, 0.4) is 0 Å². The number of anilines is 1. The molecule has 2 N–H and O–H groups in total. The zero-order valence-corrected chi connectivity index (χ0v) is 17.5. The van der Waals surface area contributed by atoms with Gasteiger partial charge in [0.05, 0.1) is 17.7 Å². The second kappa shape index (κ2) is 9.85. The predicted molar refractivity (Wildman–Crippen MR) is 119 cm³/mol. The highest BCUT2D eigenvalue weighted by molar-refractivity contribution is 8.15. The minimum absolute atomic E-state index is 0.0500. The van der Waals surface area contributed by atoms with Crippen LogP contribution in [-0.2, 0) is 9.59 Å². The van der Waals surface area contributed by atoms with E-state index in [2.05, 4.69) is 20.8 Å². The Bertz CT molecular complexity index is 1070. The number of hydrogen-bond acceptors (Lipinski definition) is 8. The Morgan fingerprint density at radius 3 is 2.71 bits per heavy atom. The quantitative estimate of drug-likeness (QED) is 0.402. The van der Waals surface area contributed by atoms with E-state index in [9.17, 15) is 19.7 Å². The van der Waals surface area contributed by atoms with Crippen LogP contribution >= 0.6 is 11.8 Å². The summed E-state index contributed by atoms with van der Waals surface area (Å²) in [7, 11) is 1.58. The third-order valence-corrected chi connectivity index (χ3v) is 5.36. The van der Waals surface area contributed by atoms with Crippen molar-refractivity contribution in [1.82, 2.24) is 5.32 Å². The van der Waals surface area contributed by atoms with Crippen molar-refractivity contribution in [2.45, 2.75) is 18.6 Å². The number of nitro groups is 1. The molecule has 1 heterocycles. The molecular weight excluding hydrogens is 422 g/mol. The van der Waals surface area contributed by atoms with Crippen molar-refractivity contribution in [2.24, 2.45) is 10.2 Å². The molecule has 0 aliphatic carbocycles. The predicted octanol–water partition coefficient (Wildman–Crippen LogP) is 2.94. The second-order valence-electron chi connectivity index (χ2n) is 6.47. The average molecular weight is 441 g/mol. The van der Waals surface area contributed by atoms with Crippen molar-refractivity contribution in [3.05, 3.63) is 64.2 Å². The molecule has 3 rings (SSSR count). The largest absolute Gasteiger partial charge is 0.497 e. The van der Waals surface area contributed by atoms with Gasteiger partial charge in [0.2, 0.25) is 11.8 Å². The number of amides is 2. The van der Waals surface area contributed by atoms with E-state index in [-0.39, 0.29) is 28.9 Å². The van der Waals surface area contributed by atoms with Crippen molar-refractivity contribution in [3.8, 4) is 5.75 Å². The first kappa shape index (κ1) is 22.0. The summed E-state index contributed by atoms with van der Waals surface area (Å²) in [4.78, 5) is 34.9. The van der Waals surface area contributed by atoms with Crippen LogP contribution in [0.25, 0.3) is 0 Å². The van der Waals surface area contributed by atoms with Crippen LogP contribution < -0.4 is 15.4 Å². The SMILES string of the molecule is COc1ccc(/C(C)=N\N=C2/NC(=O)C[C@H](C(=O)Nc3cccc([N+](=O)[O-])c3)S2)cc1. The molecule has 11 heteroatoms. The van der Waals surface area contributed by atoms with Crippen LogP contribution in [0.15, 0.2) is 58.7 Å². The van der Waals surface area contributed by atoms with Gasteiger partial charge in [0, 0.05) is 24.2 Å². The minimum Gasteiger partial charge on any atom is -0.497 e. The van der Waals surface area contributed by atoms with E-state index in [0.29, 0.717) is 5.71 Å². The number of ether oxygens (including phenoxy) is 1. The standard InChI is InChI=1S/C20H19N5O5S/c1-12(13-6-8-16(30-2)9-7-13)23-24-20-22-18(26)11-17(31-20)19(27)21-14-4-3-5-15(10-14)25(28)29/h3-10,17H,11H2,1-2H3,(H,21,27)(H,22,24,26)/b23-12-/t17-/m1/s1. The molecule has 1 saturated heterocycles. The Hall–Kier alpha value is -3.73. The van der Waals surface area contributed by atoms with Gasteiger partial charge in [-0.3, -0.25) is 19.7 Å². The van der Waals surface area contributed by atoms with Crippen LogP contribution in [0, 0.1) is 10.1 Å². The molecule has 1 fully saturated rings. The van der Waals surface area contributed by atoms with Crippen molar-refractivity contribution in [1.29, 1.82) is 0 Å². The van der Waals surface area contributed by atoms with Gasteiger partial charge in [0.1, 0.15) is 11.0 Å². The van der Waals surface area contributed by atoms with Gasteiger partial charge in [0.15, 0.2) is 5.17 Å². The lowest BCUT2D eigenvalue weighted by atomic mass is 10.1. The molecule has 0 unspecified atom stereocenters. The van der Waals surface area contributed by atoms with Gasteiger partial charge in [0.25, 0.3) is 5.69 Å². The third-order valence-electron chi connectivity index (χ3n) is 4.29. The molecular formula is C20H19N5O5S. The third kappa shape index (κ3) is 5.89. The van der Waals surface area contributed by atoms with Crippen molar-refractivity contribution in [2.75, 3.05) is 12.4 Å². The highest BCUT2D eigenvalue weighted by atomic mass is 32.2. The fourth-order valence-electron chi connectivity index (χ4n) is 2.67. The number of non-ortho nitro benzene ring substituents is 1. The Labute approximate surface area is 181 Å². The second-order valence-corrected chi connectivity index (χ2v) is 7.67. The zero-order valence-electron chi connectivity index (χ0n) is 16.7. The summed E-state index contributed by atoms with van der Waals surface area (Å²) in [5.41, 5.74) is 1.58. The monoisotopic (exact) mass is 441 g/mol. The highest BCUT2D eigenvalue weighted by Gasteiger charge is 2.30. The summed E-state index contributed by atoms with van der Waals surface area (Å²) in [5, 5.41) is 23.7. The normalized spacial score (nSPS) is 17.7. The lowest BCUT2D eigenvalue weighted by Crippen LogP contribution is -2.41. The summed E-state index contributed by atoms with van der Waals surface area (Å²) in [6.45, 7) is 1.77. The molecule has 160 valence electrons. The van der Waals surface area contributed by atoms with Crippen molar-refractivity contribution < 1.29 is 19.2 Å². The molecule has 1 aliphatic heterocycles. The maximum atomic E-state index is 12.6. The summed E-state index contributed by atoms with van der Waals surface area (Å²) >= 11 is 1.06. The molecule has 10 nitrogen and oxygen atoms in total. The van der Waals surface area contributed by atoms with Crippen LogP contribution in [0.2, 0.25) is 0 Å². The first-order chi connectivity index (χ1) is 14.9. The number of hydrogen-bond donors (Lipinski definition) is 2. The van der Waals surface area contributed by atoms with E-state index in [4.69, 9.17) is 4.74 Å². The van der Waals surface area contributed by atoms with Crippen molar-refractivity contribution in [3.63, 3.8) is 0 Å². The first-order valence-corrected chi connectivity index (χ1v) is 10.0. The van der Waals surface area contributed by atoms with Gasteiger partial charge >= 0.3 is 0 Å². The number of carbonyl (C=O) groups excluding carboxylic acids is 2. The lowest BCUT2D eigenvalue weighted by Gasteiger charge is -2.21. The van der Waals surface area contributed by atoms with Crippen LogP contribution in [-0.4, -0.2) is 40.0 Å². The Morgan fingerprint density at radius 2 is 2.03 bits per heavy atom. The molecule has 0 spiro atoms. The summed E-state index contributed by atoms with van der Waals surface area (Å²) in [5.74, 6) is -0.103. The molecule has 0 aromatic heterocycles. The maximum Gasteiger partial charge on any atom is 0.271 e. The number of rotatable bonds is 6. The first-order valence-electron chi connectivity index (χ1n) is 9.14. The highest BCUT2D eigenvalue weighted by Crippen LogP contribution is 2.24. The average Bonchev–Trinajstić information content (AvgIpc) is 2.77. The van der Waals surface area contributed by atoms with E-state index < -0.39 is 16.1 Å². The number of amidine groups is 1. The fraction of sp³-hybridized carbons (Fsp3) is 0.200. The molecule has 2 amide bonds.